The zero-order valence-corrected chi connectivity index (χ0v) is 10.9. The van der Waals surface area contributed by atoms with E-state index in [4.69, 9.17) is 11.6 Å². The Hall–Kier alpha value is -1.54. The summed E-state index contributed by atoms with van der Waals surface area (Å²) in [5, 5.41) is 0. The van der Waals surface area contributed by atoms with Gasteiger partial charge in [-0.3, -0.25) is 0 Å². The maximum Gasteiger partial charge on any atom is 0.128 e. The summed E-state index contributed by atoms with van der Waals surface area (Å²) < 4.78 is 0. The molecule has 1 aromatic heterocycles. The molecule has 0 radical (unpaired) electrons. The van der Waals surface area contributed by atoms with Gasteiger partial charge in [-0.05, 0) is 29.2 Å². The van der Waals surface area contributed by atoms with Crippen LogP contribution in [0.15, 0.2) is 42.6 Å². The normalized spacial score (nSPS) is 14.4. The van der Waals surface area contributed by atoms with E-state index in [1.807, 2.05) is 6.20 Å². The highest BCUT2D eigenvalue weighted by atomic mass is 35.5. The van der Waals surface area contributed by atoms with Crippen molar-refractivity contribution in [2.75, 3.05) is 11.4 Å². The fraction of sp³-hybridized carbons (Fsp3) is 0.267. The van der Waals surface area contributed by atoms with Crippen LogP contribution in [0.25, 0.3) is 0 Å². The van der Waals surface area contributed by atoms with Gasteiger partial charge in [-0.25, -0.2) is 4.98 Å². The van der Waals surface area contributed by atoms with Crippen LogP contribution < -0.4 is 4.90 Å². The van der Waals surface area contributed by atoms with Gasteiger partial charge >= 0.3 is 0 Å². The highest BCUT2D eigenvalue weighted by Gasteiger charge is 2.16. The monoisotopic (exact) mass is 258 g/mol. The maximum absolute atomic E-state index is 5.78. The number of pyridine rings is 1. The van der Waals surface area contributed by atoms with Gasteiger partial charge in [0, 0.05) is 25.2 Å². The van der Waals surface area contributed by atoms with Gasteiger partial charge in [0.05, 0.1) is 0 Å². The van der Waals surface area contributed by atoms with Gasteiger partial charge in [-0.1, -0.05) is 30.3 Å². The highest BCUT2D eigenvalue weighted by Crippen LogP contribution is 2.23. The summed E-state index contributed by atoms with van der Waals surface area (Å²) in [4.78, 5) is 6.81. The quantitative estimate of drug-likeness (QED) is 0.768. The summed E-state index contributed by atoms with van der Waals surface area (Å²) in [6.07, 6.45) is 2.96. The number of benzene rings is 1. The average molecular weight is 259 g/mol. The van der Waals surface area contributed by atoms with Crippen LogP contribution in [0.2, 0.25) is 0 Å². The second-order valence-electron chi connectivity index (χ2n) is 4.60. The lowest BCUT2D eigenvalue weighted by atomic mass is 10.00. The molecule has 3 rings (SSSR count). The van der Waals surface area contributed by atoms with Gasteiger partial charge < -0.3 is 4.90 Å². The molecule has 0 aliphatic carbocycles. The molecule has 1 aliphatic heterocycles. The maximum atomic E-state index is 5.78. The molecule has 0 N–H and O–H groups in total. The van der Waals surface area contributed by atoms with Crippen LogP contribution in [0.5, 0.6) is 0 Å². The van der Waals surface area contributed by atoms with Gasteiger partial charge in [0.15, 0.2) is 0 Å². The van der Waals surface area contributed by atoms with Gasteiger partial charge in [-0.15, -0.1) is 11.6 Å². The number of anilines is 1. The average Bonchev–Trinajstić information content (AvgIpc) is 2.47. The summed E-state index contributed by atoms with van der Waals surface area (Å²) >= 11 is 5.78. The molecule has 18 heavy (non-hydrogen) atoms. The molecule has 3 heteroatoms. The standard InChI is InChI=1S/C15H15ClN2/c16-9-12-5-6-15(17-10-12)18-8-7-13-3-1-2-4-14(13)11-18/h1-6,10H,7-9,11H2. The van der Waals surface area contributed by atoms with E-state index >= 15 is 0 Å². The van der Waals surface area contributed by atoms with Crippen LogP contribution in [-0.2, 0) is 18.8 Å². The summed E-state index contributed by atoms with van der Waals surface area (Å²) in [5.41, 5.74) is 3.94. The van der Waals surface area contributed by atoms with E-state index in [-0.39, 0.29) is 0 Å². The van der Waals surface area contributed by atoms with Gasteiger partial charge in [0.1, 0.15) is 5.82 Å². The van der Waals surface area contributed by atoms with E-state index in [0.717, 1.165) is 30.9 Å². The van der Waals surface area contributed by atoms with Crippen molar-refractivity contribution in [2.45, 2.75) is 18.8 Å². The van der Waals surface area contributed by atoms with E-state index in [2.05, 4.69) is 46.3 Å². The molecule has 92 valence electrons. The van der Waals surface area contributed by atoms with Crippen molar-refractivity contribution < 1.29 is 0 Å². The van der Waals surface area contributed by atoms with Crippen LogP contribution in [0.3, 0.4) is 0 Å². The first-order valence-corrected chi connectivity index (χ1v) is 6.73. The molecule has 0 bridgehead atoms. The minimum atomic E-state index is 0.524. The largest absolute Gasteiger partial charge is 0.352 e. The Bertz CT molecular complexity index is 536. The molecule has 2 aromatic rings. The molecule has 0 atom stereocenters. The molecule has 2 nitrogen and oxygen atoms in total. The number of alkyl halides is 1. The van der Waals surface area contributed by atoms with Crippen molar-refractivity contribution in [3.8, 4) is 0 Å². The first-order chi connectivity index (χ1) is 8.86. The molecule has 1 aromatic carbocycles. The molecular weight excluding hydrogens is 244 g/mol. The highest BCUT2D eigenvalue weighted by molar-refractivity contribution is 6.17. The van der Waals surface area contributed by atoms with Crippen molar-refractivity contribution in [1.82, 2.24) is 4.98 Å². The van der Waals surface area contributed by atoms with Crippen molar-refractivity contribution in [3.05, 3.63) is 59.3 Å². The fourth-order valence-corrected chi connectivity index (χ4v) is 2.53. The number of hydrogen-bond donors (Lipinski definition) is 0. The lowest BCUT2D eigenvalue weighted by Crippen LogP contribution is -2.30. The van der Waals surface area contributed by atoms with Crippen LogP contribution in [0, 0.1) is 0 Å². The number of fused-ring (bicyclic) bond motifs is 1. The Balaban J connectivity index is 1.82. The van der Waals surface area contributed by atoms with Crippen molar-refractivity contribution in [3.63, 3.8) is 0 Å². The molecular formula is C15H15ClN2. The van der Waals surface area contributed by atoms with Gasteiger partial charge in [-0.2, -0.15) is 0 Å². The molecule has 1 aliphatic rings. The summed E-state index contributed by atoms with van der Waals surface area (Å²) in [5.74, 6) is 1.56. The van der Waals surface area contributed by atoms with E-state index in [9.17, 15) is 0 Å². The van der Waals surface area contributed by atoms with Crippen molar-refractivity contribution in [1.29, 1.82) is 0 Å². The lowest BCUT2D eigenvalue weighted by Gasteiger charge is -2.29. The van der Waals surface area contributed by atoms with Crippen LogP contribution >= 0.6 is 11.6 Å². The molecule has 0 unspecified atom stereocenters. The molecule has 0 spiro atoms. The first-order valence-electron chi connectivity index (χ1n) is 6.19. The minimum Gasteiger partial charge on any atom is -0.352 e. The van der Waals surface area contributed by atoms with E-state index in [1.165, 1.54) is 11.1 Å². The Morgan fingerprint density at radius 3 is 2.67 bits per heavy atom. The van der Waals surface area contributed by atoms with Crippen LogP contribution in [-0.4, -0.2) is 11.5 Å². The summed E-state index contributed by atoms with van der Waals surface area (Å²) in [6, 6.07) is 12.8. The van der Waals surface area contributed by atoms with E-state index in [0.29, 0.717) is 5.88 Å². The summed E-state index contributed by atoms with van der Waals surface area (Å²) in [7, 11) is 0. The predicted octanol–water partition coefficient (Wildman–Crippen LogP) is 3.38. The third kappa shape index (κ3) is 2.21. The van der Waals surface area contributed by atoms with Gasteiger partial charge in [0.2, 0.25) is 0 Å². The smallest absolute Gasteiger partial charge is 0.128 e. The Kier molecular flexibility index (Phi) is 3.20. The zero-order valence-electron chi connectivity index (χ0n) is 10.1. The zero-order chi connectivity index (χ0) is 12.4. The van der Waals surface area contributed by atoms with Gasteiger partial charge in [0.25, 0.3) is 0 Å². The Morgan fingerprint density at radius 2 is 1.94 bits per heavy atom. The minimum absolute atomic E-state index is 0.524. The Morgan fingerprint density at radius 1 is 1.11 bits per heavy atom. The van der Waals surface area contributed by atoms with Crippen LogP contribution in [0.4, 0.5) is 5.82 Å². The SMILES string of the molecule is ClCc1ccc(N2CCc3ccccc3C2)nc1. The Labute approximate surface area is 112 Å². The second kappa shape index (κ2) is 4.99. The van der Waals surface area contributed by atoms with E-state index in [1.54, 1.807) is 0 Å². The molecule has 0 fully saturated rings. The molecule has 0 saturated carbocycles. The number of aromatic nitrogens is 1. The number of rotatable bonds is 2. The summed E-state index contributed by atoms with van der Waals surface area (Å²) in [6.45, 7) is 1.98. The lowest BCUT2D eigenvalue weighted by molar-refractivity contribution is 0.720. The molecule has 2 heterocycles. The predicted molar refractivity (Wildman–Crippen MR) is 75.0 cm³/mol. The number of halogens is 1. The fourth-order valence-electron chi connectivity index (χ4n) is 2.37. The first kappa shape index (κ1) is 11.5. The third-order valence-corrected chi connectivity index (χ3v) is 3.73. The molecule has 0 saturated heterocycles. The molecule has 0 amide bonds. The number of nitrogens with zero attached hydrogens (tertiary/aromatic N) is 2. The topological polar surface area (TPSA) is 16.1 Å². The second-order valence-corrected chi connectivity index (χ2v) is 4.87. The van der Waals surface area contributed by atoms with Crippen LogP contribution in [0.1, 0.15) is 16.7 Å². The van der Waals surface area contributed by atoms with Crippen molar-refractivity contribution >= 4 is 17.4 Å². The third-order valence-electron chi connectivity index (χ3n) is 3.42. The van der Waals surface area contributed by atoms with Crippen molar-refractivity contribution in [2.24, 2.45) is 0 Å². The number of hydrogen-bond acceptors (Lipinski definition) is 2. The van der Waals surface area contributed by atoms with E-state index < -0.39 is 0 Å².